The molecule has 86 valence electrons. The largest absolute Gasteiger partial charge is 0.390 e. The van der Waals surface area contributed by atoms with Crippen LogP contribution in [0.25, 0.3) is 0 Å². The minimum Gasteiger partial charge on any atom is -0.390 e. The molecule has 2 nitrogen and oxygen atoms in total. The van der Waals surface area contributed by atoms with Gasteiger partial charge in [-0.15, -0.1) is 0 Å². The van der Waals surface area contributed by atoms with Gasteiger partial charge in [0.1, 0.15) is 0 Å². The number of fused-ring (bicyclic) bond motifs is 2. The second-order valence-electron chi connectivity index (χ2n) is 5.48. The van der Waals surface area contributed by atoms with Crippen molar-refractivity contribution >= 4 is 0 Å². The summed E-state index contributed by atoms with van der Waals surface area (Å²) in [6, 6.07) is 10.4. The molecule has 2 fully saturated rings. The molecule has 3 unspecified atom stereocenters. The summed E-state index contributed by atoms with van der Waals surface area (Å²) in [7, 11) is 0. The predicted octanol–water partition coefficient (Wildman–Crippen LogP) is 2.30. The van der Waals surface area contributed by atoms with Crippen molar-refractivity contribution in [1.29, 1.82) is 0 Å². The molecule has 16 heavy (non-hydrogen) atoms. The summed E-state index contributed by atoms with van der Waals surface area (Å²) >= 11 is 0. The quantitative estimate of drug-likeness (QED) is 0.825. The highest BCUT2D eigenvalue weighted by Gasteiger charge is 2.58. The Labute approximate surface area is 96.2 Å². The van der Waals surface area contributed by atoms with Crippen molar-refractivity contribution in [3.05, 3.63) is 35.9 Å². The predicted molar refractivity (Wildman–Crippen MR) is 62.2 cm³/mol. The Bertz CT molecular complexity index is 389. The maximum atomic E-state index is 10.00. The van der Waals surface area contributed by atoms with E-state index in [1.54, 1.807) is 0 Å². The third-order valence-corrected chi connectivity index (χ3v) is 4.17. The van der Waals surface area contributed by atoms with Crippen molar-refractivity contribution in [3.8, 4) is 0 Å². The van der Waals surface area contributed by atoms with Gasteiger partial charge in [0.25, 0.3) is 0 Å². The van der Waals surface area contributed by atoms with E-state index in [1.807, 2.05) is 13.0 Å². The van der Waals surface area contributed by atoms with Crippen molar-refractivity contribution in [2.75, 3.05) is 0 Å². The number of benzene rings is 1. The minimum atomic E-state index is -0.287. The van der Waals surface area contributed by atoms with E-state index in [2.05, 4.69) is 24.3 Å². The SMILES string of the molecule is CC12CCC(Cc3ccccc3)(CC1O)O2. The second kappa shape index (κ2) is 3.31. The highest BCUT2D eigenvalue weighted by molar-refractivity contribution is 5.20. The molecule has 3 atom stereocenters. The summed E-state index contributed by atoms with van der Waals surface area (Å²) in [6.45, 7) is 2.04. The molecule has 0 spiro atoms. The van der Waals surface area contributed by atoms with Crippen molar-refractivity contribution in [2.24, 2.45) is 0 Å². The molecule has 0 aliphatic carbocycles. The van der Waals surface area contributed by atoms with E-state index in [4.69, 9.17) is 4.74 Å². The van der Waals surface area contributed by atoms with Crippen LogP contribution in [0.15, 0.2) is 30.3 Å². The number of ether oxygens (including phenoxy) is 1. The molecule has 2 aliphatic heterocycles. The first kappa shape index (κ1) is 10.3. The summed E-state index contributed by atoms with van der Waals surface area (Å²) in [6.07, 6.45) is 3.50. The molecule has 0 amide bonds. The van der Waals surface area contributed by atoms with E-state index in [1.165, 1.54) is 5.56 Å². The van der Waals surface area contributed by atoms with Crippen LogP contribution in [0.5, 0.6) is 0 Å². The van der Waals surface area contributed by atoms with Gasteiger partial charge in [-0.1, -0.05) is 30.3 Å². The van der Waals surface area contributed by atoms with Crippen LogP contribution in [0.4, 0.5) is 0 Å². The molecule has 2 heterocycles. The van der Waals surface area contributed by atoms with Crippen LogP contribution in [-0.4, -0.2) is 22.4 Å². The molecule has 0 radical (unpaired) electrons. The van der Waals surface area contributed by atoms with E-state index in [0.29, 0.717) is 0 Å². The molecule has 0 aromatic heterocycles. The topological polar surface area (TPSA) is 29.5 Å². The summed E-state index contributed by atoms with van der Waals surface area (Å²) in [4.78, 5) is 0. The minimum absolute atomic E-state index is 0.102. The molecule has 1 N–H and O–H groups in total. The second-order valence-corrected chi connectivity index (χ2v) is 5.48. The van der Waals surface area contributed by atoms with Gasteiger partial charge in [-0.3, -0.25) is 0 Å². The molecular formula is C14H18O2. The molecule has 2 bridgehead atoms. The van der Waals surface area contributed by atoms with Gasteiger partial charge >= 0.3 is 0 Å². The standard InChI is InChI=1S/C14H18O2/c1-13-7-8-14(16-13,10-12(13)15)9-11-5-3-2-4-6-11/h2-6,12,15H,7-10H2,1H3. The lowest BCUT2D eigenvalue weighted by Gasteiger charge is -2.26. The van der Waals surface area contributed by atoms with Gasteiger partial charge in [0, 0.05) is 12.8 Å². The summed E-state index contributed by atoms with van der Waals surface area (Å²) in [5.74, 6) is 0. The fourth-order valence-electron chi connectivity index (χ4n) is 3.18. The first-order valence-electron chi connectivity index (χ1n) is 6.04. The van der Waals surface area contributed by atoms with Crippen LogP contribution >= 0.6 is 0 Å². The van der Waals surface area contributed by atoms with Crippen molar-refractivity contribution in [2.45, 2.75) is 49.9 Å². The third-order valence-electron chi connectivity index (χ3n) is 4.17. The average Bonchev–Trinajstić information content (AvgIpc) is 2.70. The van der Waals surface area contributed by atoms with Crippen LogP contribution in [-0.2, 0) is 11.2 Å². The van der Waals surface area contributed by atoms with Crippen LogP contribution in [0.1, 0.15) is 31.7 Å². The Morgan fingerprint density at radius 1 is 1.31 bits per heavy atom. The van der Waals surface area contributed by atoms with Crippen LogP contribution in [0.3, 0.4) is 0 Å². The smallest absolute Gasteiger partial charge is 0.0922 e. The summed E-state index contributed by atoms with van der Waals surface area (Å²) in [5, 5.41) is 10.00. The first-order valence-corrected chi connectivity index (χ1v) is 6.04. The number of hydrogen-bond acceptors (Lipinski definition) is 2. The number of aliphatic hydroxyl groups excluding tert-OH is 1. The van der Waals surface area contributed by atoms with Crippen molar-refractivity contribution < 1.29 is 9.84 Å². The van der Waals surface area contributed by atoms with Crippen LogP contribution < -0.4 is 0 Å². The lowest BCUT2D eigenvalue weighted by Crippen LogP contribution is -2.35. The third kappa shape index (κ3) is 1.48. The zero-order chi connectivity index (χ0) is 11.2. The zero-order valence-corrected chi connectivity index (χ0v) is 9.65. The molecule has 0 saturated carbocycles. The average molecular weight is 218 g/mol. The first-order chi connectivity index (χ1) is 7.62. The van der Waals surface area contributed by atoms with Gasteiger partial charge in [-0.2, -0.15) is 0 Å². The Morgan fingerprint density at radius 3 is 2.62 bits per heavy atom. The van der Waals surface area contributed by atoms with E-state index in [-0.39, 0.29) is 17.3 Å². The van der Waals surface area contributed by atoms with Crippen molar-refractivity contribution in [1.82, 2.24) is 0 Å². The Morgan fingerprint density at radius 2 is 2.06 bits per heavy atom. The van der Waals surface area contributed by atoms with Gasteiger partial charge < -0.3 is 9.84 Å². The van der Waals surface area contributed by atoms with Gasteiger partial charge in [0.2, 0.25) is 0 Å². The van der Waals surface area contributed by atoms with Gasteiger partial charge in [0.05, 0.1) is 17.3 Å². The van der Waals surface area contributed by atoms with E-state index in [0.717, 1.165) is 25.7 Å². The molecule has 2 heteroatoms. The normalized spacial score (nSPS) is 41.5. The summed E-state index contributed by atoms with van der Waals surface area (Å²) in [5.41, 5.74) is 0.922. The lowest BCUT2D eigenvalue weighted by molar-refractivity contribution is -0.0629. The highest BCUT2D eigenvalue weighted by Crippen LogP contribution is 2.51. The molecule has 1 aromatic carbocycles. The maximum absolute atomic E-state index is 10.00. The molecule has 1 aromatic rings. The van der Waals surface area contributed by atoms with Crippen molar-refractivity contribution in [3.63, 3.8) is 0 Å². The van der Waals surface area contributed by atoms with E-state index in [9.17, 15) is 5.11 Å². The molecule has 3 rings (SSSR count). The van der Waals surface area contributed by atoms with E-state index < -0.39 is 0 Å². The van der Waals surface area contributed by atoms with Crippen LogP contribution in [0.2, 0.25) is 0 Å². The fraction of sp³-hybridized carbons (Fsp3) is 0.571. The fourth-order valence-corrected chi connectivity index (χ4v) is 3.18. The lowest BCUT2D eigenvalue weighted by atomic mass is 9.78. The summed E-state index contributed by atoms with van der Waals surface area (Å²) < 4.78 is 6.11. The Kier molecular flexibility index (Phi) is 2.13. The molecular weight excluding hydrogens is 200 g/mol. The number of hydrogen-bond donors (Lipinski definition) is 1. The molecule has 2 saturated heterocycles. The maximum Gasteiger partial charge on any atom is 0.0922 e. The van der Waals surface area contributed by atoms with Gasteiger partial charge in [0.15, 0.2) is 0 Å². The Balaban J connectivity index is 1.82. The number of aliphatic hydroxyl groups is 1. The monoisotopic (exact) mass is 218 g/mol. The van der Waals surface area contributed by atoms with Crippen LogP contribution in [0, 0.1) is 0 Å². The van der Waals surface area contributed by atoms with E-state index >= 15 is 0 Å². The van der Waals surface area contributed by atoms with Gasteiger partial charge in [-0.05, 0) is 25.3 Å². The molecule has 2 aliphatic rings. The van der Waals surface area contributed by atoms with Gasteiger partial charge in [-0.25, -0.2) is 0 Å². The zero-order valence-electron chi connectivity index (χ0n) is 9.65. The highest BCUT2D eigenvalue weighted by atomic mass is 16.6. The number of rotatable bonds is 2. The Hall–Kier alpha value is -0.860.